The summed E-state index contributed by atoms with van der Waals surface area (Å²) in [4.78, 5) is 22.4. The van der Waals surface area contributed by atoms with Crippen LogP contribution in [0.15, 0.2) is 48.0 Å². The zero-order valence-electron chi connectivity index (χ0n) is 15.6. The second kappa shape index (κ2) is 7.70. The predicted molar refractivity (Wildman–Crippen MR) is 115 cm³/mol. The zero-order chi connectivity index (χ0) is 20.7. The number of hydrogen-bond donors (Lipinski definition) is 1. The summed E-state index contributed by atoms with van der Waals surface area (Å²) in [5, 5.41) is 5.83. The molecule has 0 aliphatic heterocycles. The Kier molecular flexibility index (Phi) is 4.88. The molecule has 30 heavy (non-hydrogen) atoms. The number of carbonyl (C=O) groups excluding carboxylic acids is 1. The molecule has 0 atom stereocenters. The number of rotatable bonds is 3. The van der Waals surface area contributed by atoms with Crippen LogP contribution < -0.4 is 5.32 Å². The molecule has 1 aliphatic carbocycles. The van der Waals surface area contributed by atoms with Crippen molar-refractivity contribution in [2.24, 2.45) is 0 Å². The maximum Gasteiger partial charge on any atom is 0.263 e. The van der Waals surface area contributed by atoms with E-state index < -0.39 is 23.1 Å². The van der Waals surface area contributed by atoms with Crippen LogP contribution in [0.5, 0.6) is 0 Å². The number of carbonyl (C=O) groups is 1. The highest BCUT2D eigenvalue weighted by Gasteiger charge is 2.24. The highest BCUT2D eigenvalue weighted by molar-refractivity contribution is 7.19. The first kappa shape index (κ1) is 19.0. The zero-order valence-corrected chi connectivity index (χ0v) is 17.2. The van der Waals surface area contributed by atoms with Gasteiger partial charge in [0.2, 0.25) is 0 Å². The number of thiazole rings is 2. The molecule has 2 aromatic carbocycles. The number of amides is 1. The van der Waals surface area contributed by atoms with Crippen molar-refractivity contribution in [3.05, 3.63) is 76.4 Å². The second-order valence-electron chi connectivity index (χ2n) is 6.87. The average Bonchev–Trinajstić information content (AvgIpc) is 3.35. The fraction of sp³-hybridized carbons (Fsp3) is 0.136. The van der Waals surface area contributed by atoms with Crippen molar-refractivity contribution in [1.82, 2.24) is 9.97 Å². The lowest BCUT2D eigenvalue weighted by Gasteiger charge is -2.10. The number of hydrogen-bond acceptors (Lipinski definition) is 5. The number of aromatic nitrogens is 2. The third-order valence-corrected chi connectivity index (χ3v) is 6.88. The molecule has 4 nitrogen and oxygen atoms in total. The monoisotopic (exact) mass is 439 g/mol. The highest BCUT2D eigenvalue weighted by Crippen LogP contribution is 2.42. The van der Waals surface area contributed by atoms with Gasteiger partial charge in [-0.15, -0.1) is 11.3 Å². The molecule has 2 heterocycles. The second-order valence-corrected chi connectivity index (χ2v) is 8.76. The van der Waals surface area contributed by atoms with Gasteiger partial charge in [-0.25, -0.2) is 18.7 Å². The van der Waals surface area contributed by atoms with Crippen molar-refractivity contribution in [2.75, 3.05) is 5.32 Å². The molecular formula is C22H15F2N3OS2. The van der Waals surface area contributed by atoms with Crippen LogP contribution in [0.25, 0.3) is 21.0 Å². The summed E-state index contributed by atoms with van der Waals surface area (Å²) in [5.74, 6) is -2.64. The largest absolute Gasteiger partial charge is 0.298 e. The number of fused-ring (bicyclic) bond motifs is 3. The van der Waals surface area contributed by atoms with Gasteiger partial charge in [0.25, 0.3) is 5.91 Å². The van der Waals surface area contributed by atoms with Crippen LogP contribution in [0.4, 0.5) is 13.9 Å². The first-order valence-electron chi connectivity index (χ1n) is 9.39. The molecular weight excluding hydrogens is 424 g/mol. The summed E-state index contributed by atoms with van der Waals surface area (Å²) in [6.07, 6.45) is 4.39. The van der Waals surface area contributed by atoms with E-state index in [0.29, 0.717) is 5.13 Å². The van der Waals surface area contributed by atoms with Gasteiger partial charge in [-0.1, -0.05) is 35.6 Å². The van der Waals surface area contributed by atoms with Crippen molar-refractivity contribution in [3.8, 4) is 21.0 Å². The van der Waals surface area contributed by atoms with Crippen molar-refractivity contribution < 1.29 is 13.6 Å². The van der Waals surface area contributed by atoms with Gasteiger partial charge in [0.15, 0.2) is 5.13 Å². The van der Waals surface area contributed by atoms with Crippen LogP contribution in [0, 0.1) is 11.6 Å². The van der Waals surface area contributed by atoms with Crippen molar-refractivity contribution in [3.63, 3.8) is 0 Å². The molecule has 0 unspecified atom stereocenters. The van der Waals surface area contributed by atoms with E-state index in [0.717, 1.165) is 58.1 Å². The molecule has 0 bridgehead atoms. The summed E-state index contributed by atoms with van der Waals surface area (Å²) >= 11 is 2.93. The number of aryl methyl sites for hydroxylation is 1. The molecule has 8 heteroatoms. The van der Waals surface area contributed by atoms with Crippen LogP contribution in [0.1, 0.15) is 28.0 Å². The summed E-state index contributed by atoms with van der Waals surface area (Å²) in [6, 6.07) is 9.47. The minimum absolute atomic E-state index is 0.333. The van der Waals surface area contributed by atoms with Crippen molar-refractivity contribution >= 4 is 33.7 Å². The Balaban J connectivity index is 1.53. The van der Waals surface area contributed by atoms with Gasteiger partial charge in [-0.05, 0) is 42.5 Å². The molecule has 0 spiro atoms. The van der Waals surface area contributed by atoms with E-state index in [1.807, 2.05) is 11.4 Å². The van der Waals surface area contributed by atoms with E-state index in [9.17, 15) is 13.6 Å². The minimum Gasteiger partial charge on any atom is -0.298 e. The fourth-order valence-corrected chi connectivity index (χ4v) is 5.47. The molecule has 5 rings (SSSR count). The molecule has 2 aromatic heterocycles. The predicted octanol–water partition coefficient (Wildman–Crippen LogP) is 5.95. The first-order chi connectivity index (χ1) is 14.6. The Labute approximate surface area is 179 Å². The third kappa shape index (κ3) is 3.32. The molecule has 0 radical (unpaired) electrons. The van der Waals surface area contributed by atoms with Gasteiger partial charge in [0.1, 0.15) is 22.2 Å². The smallest absolute Gasteiger partial charge is 0.263 e. The van der Waals surface area contributed by atoms with E-state index in [4.69, 9.17) is 0 Å². The van der Waals surface area contributed by atoms with E-state index >= 15 is 0 Å². The van der Waals surface area contributed by atoms with E-state index in [-0.39, 0.29) is 0 Å². The van der Waals surface area contributed by atoms with Crippen LogP contribution in [-0.4, -0.2) is 15.9 Å². The van der Waals surface area contributed by atoms with Gasteiger partial charge in [0.05, 0.1) is 10.6 Å². The van der Waals surface area contributed by atoms with Crippen LogP contribution >= 0.6 is 22.7 Å². The number of nitrogens with zero attached hydrogens (tertiary/aromatic N) is 2. The van der Waals surface area contributed by atoms with Crippen molar-refractivity contribution in [2.45, 2.75) is 19.3 Å². The fourth-order valence-electron chi connectivity index (χ4n) is 3.72. The number of anilines is 1. The maximum absolute atomic E-state index is 13.9. The quantitative estimate of drug-likeness (QED) is 0.429. The van der Waals surface area contributed by atoms with Gasteiger partial charge < -0.3 is 0 Å². The molecule has 1 amide bonds. The molecule has 1 N–H and O–H groups in total. The standard InChI is InChI=1S/C22H15F2N3OS2/c23-15-7-3-8-16(24)18(15)20(28)27-22-26-17-9-2-4-12-13(19(17)30-22)5-1-6-14(12)21-25-10-11-29-21/h1,3,5-8,10-11H,2,4,9H2,(H,26,27,28). The first-order valence-corrected chi connectivity index (χ1v) is 11.1. The Hall–Kier alpha value is -2.97. The van der Waals surface area contributed by atoms with Crippen LogP contribution in [0.2, 0.25) is 0 Å². The topological polar surface area (TPSA) is 54.9 Å². The molecule has 0 fully saturated rings. The molecule has 0 saturated heterocycles. The summed E-state index contributed by atoms with van der Waals surface area (Å²) in [5.41, 5.74) is 3.69. The molecule has 0 saturated carbocycles. The number of halogens is 2. The van der Waals surface area contributed by atoms with E-state index in [1.165, 1.54) is 23.0 Å². The van der Waals surface area contributed by atoms with E-state index in [1.54, 1.807) is 17.5 Å². The third-order valence-electron chi connectivity index (χ3n) is 5.03. The SMILES string of the molecule is O=C(Nc1nc2c(s1)-c1cccc(-c3nccs3)c1CCC2)c1c(F)cccc1F. The molecule has 1 aliphatic rings. The van der Waals surface area contributed by atoms with Gasteiger partial charge in [-0.3, -0.25) is 10.1 Å². The Bertz CT molecular complexity index is 1230. The van der Waals surface area contributed by atoms with Gasteiger partial charge >= 0.3 is 0 Å². The maximum atomic E-state index is 13.9. The average molecular weight is 440 g/mol. The van der Waals surface area contributed by atoms with Gasteiger partial charge in [0, 0.05) is 17.1 Å². The lowest BCUT2D eigenvalue weighted by molar-refractivity contribution is 0.101. The number of nitrogens with one attached hydrogen (secondary N) is 1. The lowest BCUT2D eigenvalue weighted by Crippen LogP contribution is -2.15. The van der Waals surface area contributed by atoms with Crippen LogP contribution in [0.3, 0.4) is 0 Å². The Morgan fingerprint density at radius 3 is 2.57 bits per heavy atom. The summed E-state index contributed by atoms with van der Waals surface area (Å²) < 4.78 is 27.9. The molecule has 150 valence electrons. The molecule has 4 aromatic rings. The van der Waals surface area contributed by atoms with E-state index in [2.05, 4.69) is 27.4 Å². The highest BCUT2D eigenvalue weighted by atomic mass is 32.1. The minimum atomic E-state index is -0.899. The number of benzene rings is 2. The lowest BCUT2D eigenvalue weighted by atomic mass is 9.98. The Morgan fingerprint density at radius 2 is 1.80 bits per heavy atom. The summed E-state index contributed by atoms with van der Waals surface area (Å²) in [6.45, 7) is 0. The van der Waals surface area contributed by atoms with Crippen molar-refractivity contribution in [1.29, 1.82) is 0 Å². The normalized spacial score (nSPS) is 12.7. The van der Waals surface area contributed by atoms with Gasteiger partial charge in [-0.2, -0.15) is 0 Å². The summed E-state index contributed by atoms with van der Waals surface area (Å²) in [7, 11) is 0. The van der Waals surface area contributed by atoms with Crippen LogP contribution in [-0.2, 0) is 12.8 Å². The Morgan fingerprint density at radius 1 is 1.03 bits per heavy atom.